The van der Waals surface area contributed by atoms with Gasteiger partial charge in [-0.3, -0.25) is 0 Å². The predicted molar refractivity (Wildman–Crippen MR) is 92.0 cm³/mol. The highest BCUT2D eigenvalue weighted by Crippen LogP contribution is 2.25. The van der Waals surface area contributed by atoms with E-state index < -0.39 is 0 Å². The number of nitrogens with zero attached hydrogens (tertiary/aromatic N) is 2. The molecule has 22 heavy (non-hydrogen) atoms. The Morgan fingerprint density at radius 1 is 1.09 bits per heavy atom. The SMILES string of the molecule is C#CCNc1ccc2nc(C)c(-c3ccc(Cl)cc3)nc2c1. The molecule has 1 N–H and O–H groups in total. The third kappa shape index (κ3) is 2.88. The summed E-state index contributed by atoms with van der Waals surface area (Å²) in [5.74, 6) is 2.56. The largest absolute Gasteiger partial charge is 0.374 e. The number of terminal acetylenes is 1. The van der Waals surface area contributed by atoms with Gasteiger partial charge in [0.15, 0.2) is 0 Å². The van der Waals surface area contributed by atoms with E-state index in [0.717, 1.165) is 33.7 Å². The average Bonchev–Trinajstić information content (AvgIpc) is 2.53. The maximum Gasteiger partial charge on any atom is 0.0922 e. The van der Waals surface area contributed by atoms with E-state index in [1.54, 1.807) is 0 Å². The van der Waals surface area contributed by atoms with Gasteiger partial charge in [0.25, 0.3) is 0 Å². The van der Waals surface area contributed by atoms with Gasteiger partial charge < -0.3 is 5.32 Å². The lowest BCUT2D eigenvalue weighted by atomic mass is 10.1. The number of aromatic nitrogens is 2. The smallest absolute Gasteiger partial charge is 0.0922 e. The minimum atomic E-state index is 0.481. The molecule has 0 fully saturated rings. The van der Waals surface area contributed by atoms with Gasteiger partial charge in [0, 0.05) is 16.3 Å². The molecule has 0 aliphatic heterocycles. The van der Waals surface area contributed by atoms with Crippen LogP contribution in [0.2, 0.25) is 5.02 Å². The molecule has 0 aliphatic rings. The van der Waals surface area contributed by atoms with E-state index in [0.29, 0.717) is 11.6 Å². The Morgan fingerprint density at radius 3 is 2.59 bits per heavy atom. The zero-order valence-electron chi connectivity index (χ0n) is 12.1. The lowest BCUT2D eigenvalue weighted by Crippen LogP contribution is -1.99. The highest BCUT2D eigenvalue weighted by molar-refractivity contribution is 6.30. The van der Waals surface area contributed by atoms with Gasteiger partial charge >= 0.3 is 0 Å². The van der Waals surface area contributed by atoms with Crippen molar-refractivity contribution in [3.05, 3.63) is 53.2 Å². The zero-order valence-corrected chi connectivity index (χ0v) is 12.9. The normalized spacial score (nSPS) is 10.4. The van der Waals surface area contributed by atoms with Gasteiger partial charge in [-0.05, 0) is 37.3 Å². The van der Waals surface area contributed by atoms with Gasteiger partial charge in [-0.15, -0.1) is 6.42 Å². The second kappa shape index (κ2) is 6.05. The Kier molecular flexibility index (Phi) is 3.95. The Bertz CT molecular complexity index is 864. The van der Waals surface area contributed by atoms with Crippen LogP contribution in [-0.2, 0) is 0 Å². The van der Waals surface area contributed by atoms with Crippen LogP contribution in [0.15, 0.2) is 42.5 Å². The molecule has 0 aliphatic carbocycles. The standard InChI is InChI=1S/C18H14ClN3/c1-3-10-20-15-8-9-16-17(11-15)22-18(12(2)21-16)13-4-6-14(19)7-5-13/h1,4-9,11,20H,10H2,2H3. The number of hydrogen-bond donors (Lipinski definition) is 1. The van der Waals surface area contributed by atoms with Crippen LogP contribution in [0.1, 0.15) is 5.69 Å². The third-order valence-corrected chi connectivity index (χ3v) is 3.60. The monoisotopic (exact) mass is 307 g/mol. The van der Waals surface area contributed by atoms with Gasteiger partial charge in [-0.2, -0.15) is 0 Å². The number of aryl methyl sites for hydroxylation is 1. The molecule has 0 atom stereocenters. The van der Waals surface area contributed by atoms with Crippen molar-refractivity contribution in [2.45, 2.75) is 6.92 Å². The van der Waals surface area contributed by atoms with E-state index in [-0.39, 0.29) is 0 Å². The third-order valence-electron chi connectivity index (χ3n) is 3.35. The zero-order chi connectivity index (χ0) is 15.5. The number of fused-ring (bicyclic) bond motifs is 1. The van der Waals surface area contributed by atoms with Crippen molar-refractivity contribution >= 4 is 28.3 Å². The van der Waals surface area contributed by atoms with Gasteiger partial charge in [0.05, 0.1) is 29.0 Å². The quantitative estimate of drug-likeness (QED) is 0.733. The summed E-state index contributed by atoms with van der Waals surface area (Å²) >= 11 is 5.94. The van der Waals surface area contributed by atoms with Crippen molar-refractivity contribution in [1.29, 1.82) is 0 Å². The molecule has 3 aromatic rings. The van der Waals surface area contributed by atoms with Crippen LogP contribution in [-0.4, -0.2) is 16.5 Å². The Balaban J connectivity index is 2.09. The Labute approximate surface area is 134 Å². The second-order valence-corrected chi connectivity index (χ2v) is 5.36. The van der Waals surface area contributed by atoms with E-state index >= 15 is 0 Å². The van der Waals surface area contributed by atoms with Crippen LogP contribution in [0, 0.1) is 19.3 Å². The first-order valence-electron chi connectivity index (χ1n) is 6.89. The maximum atomic E-state index is 5.94. The van der Waals surface area contributed by atoms with E-state index in [2.05, 4.69) is 16.2 Å². The van der Waals surface area contributed by atoms with E-state index in [1.165, 1.54) is 0 Å². The van der Waals surface area contributed by atoms with Crippen LogP contribution < -0.4 is 5.32 Å². The molecule has 1 aromatic heterocycles. The molecule has 3 nitrogen and oxygen atoms in total. The number of anilines is 1. The molecule has 2 aromatic carbocycles. The molecule has 0 unspecified atom stereocenters. The predicted octanol–water partition coefficient (Wildman–Crippen LogP) is 4.30. The molecule has 0 saturated heterocycles. The van der Waals surface area contributed by atoms with Crippen LogP contribution in [0.5, 0.6) is 0 Å². The molecule has 0 amide bonds. The van der Waals surface area contributed by atoms with Crippen LogP contribution >= 0.6 is 11.6 Å². The highest BCUT2D eigenvalue weighted by Gasteiger charge is 2.08. The Hall–Kier alpha value is -2.57. The molecule has 3 rings (SSSR count). The summed E-state index contributed by atoms with van der Waals surface area (Å²) in [5.41, 5.74) is 5.38. The minimum Gasteiger partial charge on any atom is -0.374 e. The number of benzene rings is 2. The van der Waals surface area contributed by atoms with Gasteiger partial charge in [0.1, 0.15) is 0 Å². The van der Waals surface area contributed by atoms with E-state index in [4.69, 9.17) is 23.0 Å². The van der Waals surface area contributed by atoms with Crippen molar-refractivity contribution in [1.82, 2.24) is 9.97 Å². The first-order valence-corrected chi connectivity index (χ1v) is 7.27. The number of halogens is 1. The first-order chi connectivity index (χ1) is 10.7. The molecule has 0 radical (unpaired) electrons. The van der Waals surface area contributed by atoms with Crippen LogP contribution in [0.3, 0.4) is 0 Å². The second-order valence-electron chi connectivity index (χ2n) is 4.93. The molecular weight excluding hydrogens is 294 g/mol. The van der Waals surface area contributed by atoms with Crippen molar-refractivity contribution in [2.75, 3.05) is 11.9 Å². The number of hydrogen-bond acceptors (Lipinski definition) is 3. The topological polar surface area (TPSA) is 37.8 Å². The van der Waals surface area contributed by atoms with E-state index in [9.17, 15) is 0 Å². The first kappa shape index (κ1) is 14.4. The highest BCUT2D eigenvalue weighted by atomic mass is 35.5. The van der Waals surface area contributed by atoms with Crippen LogP contribution in [0.25, 0.3) is 22.3 Å². The molecule has 1 heterocycles. The van der Waals surface area contributed by atoms with Crippen molar-refractivity contribution in [3.8, 4) is 23.6 Å². The summed E-state index contributed by atoms with van der Waals surface area (Å²) in [5, 5.41) is 3.85. The molecule has 108 valence electrons. The molecule has 0 bridgehead atoms. The lowest BCUT2D eigenvalue weighted by molar-refractivity contribution is 1.19. The van der Waals surface area contributed by atoms with Crippen LogP contribution in [0.4, 0.5) is 5.69 Å². The minimum absolute atomic E-state index is 0.481. The summed E-state index contributed by atoms with van der Waals surface area (Å²) in [7, 11) is 0. The van der Waals surface area contributed by atoms with Crippen molar-refractivity contribution in [3.63, 3.8) is 0 Å². The number of rotatable bonds is 3. The summed E-state index contributed by atoms with van der Waals surface area (Å²) in [6.45, 7) is 2.44. The molecule has 4 heteroatoms. The molecule has 0 spiro atoms. The maximum absolute atomic E-state index is 5.94. The summed E-state index contributed by atoms with van der Waals surface area (Å²) in [6, 6.07) is 13.5. The fourth-order valence-corrected chi connectivity index (χ4v) is 2.41. The number of nitrogens with one attached hydrogen (secondary N) is 1. The summed E-state index contributed by atoms with van der Waals surface area (Å²) in [4.78, 5) is 9.38. The van der Waals surface area contributed by atoms with E-state index in [1.807, 2.05) is 49.4 Å². The van der Waals surface area contributed by atoms with Crippen molar-refractivity contribution in [2.24, 2.45) is 0 Å². The molecule has 0 saturated carbocycles. The van der Waals surface area contributed by atoms with Gasteiger partial charge in [0.2, 0.25) is 0 Å². The average molecular weight is 308 g/mol. The fraction of sp³-hybridized carbons (Fsp3) is 0.111. The van der Waals surface area contributed by atoms with Crippen molar-refractivity contribution < 1.29 is 0 Å². The Morgan fingerprint density at radius 2 is 1.86 bits per heavy atom. The fourth-order valence-electron chi connectivity index (χ4n) is 2.29. The lowest BCUT2D eigenvalue weighted by Gasteiger charge is -2.09. The van der Waals surface area contributed by atoms with Gasteiger partial charge in [-0.25, -0.2) is 9.97 Å². The summed E-state index contributed by atoms with van der Waals surface area (Å²) in [6.07, 6.45) is 5.27. The molecular formula is C18H14ClN3. The van der Waals surface area contributed by atoms with Gasteiger partial charge in [-0.1, -0.05) is 29.7 Å². The summed E-state index contributed by atoms with van der Waals surface area (Å²) < 4.78 is 0.